The Labute approximate surface area is 230 Å². The average molecular weight is 721 g/mol. The molecule has 2 nitrogen and oxygen atoms in total. The minimum absolute atomic E-state index is 0.0584. The minimum atomic E-state index is -9.31. The summed E-state index contributed by atoms with van der Waals surface area (Å²) in [5.74, 6) is -78.8. The Balaban J connectivity index is 3.96. The first-order chi connectivity index (χ1) is 18.5. The second-order valence-corrected chi connectivity index (χ2v) is 8.70. The topological polar surface area (TPSA) is 34.1 Å². The van der Waals surface area contributed by atoms with Crippen LogP contribution in [0.25, 0.3) is 0 Å². The molecule has 0 N–H and O–H groups in total. The van der Waals surface area contributed by atoms with E-state index in [0.717, 1.165) is 0 Å². The van der Waals surface area contributed by atoms with Crippen LogP contribution in [0.15, 0.2) is 18.2 Å². The molecular weight excluding hydrogens is 718 g/mol. The third-order valence-electron chi connectivity index (χ3n) is 5.26. The highest BCUT2D eigenvalue weighted by atomic mass is 35.5. The number of carbonyl (C=O) groups excluding carboxylic acids is 2. The van der Waals surface area contributed by atoms with Crippen molar-refractivity contribution in [3.8, 4) is 0 Å². The lowest BCUT2D eigenvalue weighted by Crippen LogP contribution is -2.76. The number of hydrogen-bond acceptors (Lipinski definition) is 2. The van der Waals surface area contributed by atoms with Crippen LogP contribution < -0.4 is 0 Å². The van der Waals surface area contributed by atoms with Gasteiger partial charge >= 0.3 is 59.5 Å². The molecule has 0 amide bonds. The van der Waals surface area contributed by atoms with E-state index in [1.165, 1.54) is 0 Å². The zero-order valence-electron chi connectivity index (χ0n) is 18.7. The molecule has 0 saturated carbocycles. The van der Waals surface area contributed by atoms with Crippen LogP contribution in [-0.2, 0) is 5.92 Å². The highest BCUT2D eigenvalue weighted by Crippen LogP contribution is 2.67. The third-order valence-corrected chi connectivity index (χ3v) is 5.70. The van der Waals surface area contributed by atoms with Crippen LogP contribution in [0.3, 0.4) is 0 Å². The molecule has 25 heteroatoms. The summed E-state index contributed by atoms with van der Waals surface area (Å²) in [6, 6.07) is -1.38. The Kier molecular flexibility index (Phi) is 9.32. The maximum Gasteiger partial charge on any atom is 0.460 e. The number of carbonyl (C=O) groups is 2. The lowest BCUT2D eigenvalue weighted by molar-refractivity contribution is -0.474. The first-order valence-electron chi connectivity index (χ1n) is 9.49. The fourth-order valence-electron chi connectivity index (χ4n) is 2.78. The van der Waals surface area contributed by atoms with Crippen LogP contribution in [-0.4, -0.2) is 64.0 Å². The Bertz CT molecular complexity index is 1230. The molecule has 0 aromatic heterocycles. The van der Waals surface area contributed by atoms with Gasteiger partial charge in [-0.2, -0.15) is 92.2 Å². The second-order valence-electron chi connectivity index (χ2n) is 8.01. The fourth-order valence-corrected chi connectivity index (χ4v) is 2.99. The van der Waals surface area contributed by atoms with E-state index >= 15 is 0 Å². The molecule has 0 aliphatic heterocycles. The first-order valence-corrected chi connectivity index (χ1v) is 10.2. The summed E-state index contributed by atoms with van der Waals surface area (Å²) in [6.45, 7) is 0. The van der Waals surface area contributed by atoms with Crippen LogP contribution >= 0.6 is 23.2 Å². The largest absolute Gasteiger partial charge is 0.460 e. The van der Waals surface area contributed by atoms with Crippen molar-refractivity contribution in [2.75, 3.05) is 0 Å². The van der Waals surface area contributed by atoms with Gasteiger partial charge in [-0.15, -0.1) is 0 Å². The molecular formula is C18H3Cl2F21O2. The van der Waals surface area contributed by atoms with Gasteiger partial charge in [-0.05, 0) is 41.4 Å². The Morgan fingerprint density at radius 2 is 0.628 bits per heavy atom. The molecule has 0 aliphatic carbocycles. The molecule has 1 rings (SSSR count). The lowest BCUT2D eigenvalue weighted by Gasteiger charge is -2.44. The molecule has 0 spiro atoms. The molecule has 1 aromatic rings. The molecule has 43 heavy (non-hydrogen) atoms. The van der Waals surface area contributed by atoms with Crippen molar-refractivity contribution < 1.29 is 102 Å². The van der Waals surface area contributed by atoms with E-state index in [1.807, 2.05) is 0 Å². The lowest BCUT2D eigenvalue weighted by atomic mass is 9.85. The van der Waals surface area contributed by atoms with Crippen molar-refractivity contribution in [2.24, 2.45) is 0 Å². The van der Waals surface area contributed by atoms with Gasteiger partial charge in [0.05, 0.1) is 0 Å². The molecule has 0 fully saturated rings. The molecule has 0 saturated heterocycles. The quantitative estimate of drug-likeness (QED) is 0.169. The summed E-state index contributed by atoms with van der Waals surface area (Å²) in [5.41, 5.74) is -6.09. The zero-order chi connectivity index (χ0) is 35.0. The van der Waals surface area contributed by atoms with Gasteiger partial charge in [0.25, 0.3) is 10.5 Å². The molecule has 0 radical (unpaired) electrons. The van der Waals surface area contributed by atoms with Crippen LogP contribution in [0.1, 0.15) is 26.3 Å². The standard InChI is InChI=1S/C18H3Cl2F21O2/c19-7(42)4-1-5(8(20)43)3-6(2-4)9(21,22)10(23,24)11(25,26)12(27,28)13(29,30)14(31,32)15(33,34)16(35,36)17(37,38)18(39,40)41/h1-3H. The van der Waals surface area contributed by atoms with Crippen LogP contribution in [0.4, 0.5) is 92.2 Å². The third kappa shape index (κ3) is 5.14. The molecule has 0 bridgehead atoms. The maximum absolute atomic E-state index is 14.4. The number of benzene rings is 1. The van der Waals surface area contributed by atoms with E-state index in [0.29, 0.717) is 0 Å². The molecule has 0 aliphatic rings. The number of halogens is 23. The van der Waals surface area contributed by atoms with Gasteiger partial charge in [-0.1, -0.05) is 0 Å². The van der Waals surface area contributed by atoms with E-state index < -0.39 is 98.8 Å². The zero-order valence-corrected chi connectivity index (χ0v) is 20.3. The summed E-state index contributed by atoms with van der Waals surface area (Å²) >= 11 is 9.59. The molecule has 1 aromatic carbocycles. The van der Waals surface area contributed by atoms with E-state index in [2.05, 4.69) is 0 Å². The van der Waals surface area contributed by atoms with E-state index in [-0.39, 0.29) is 6.07 Å². The highest BCUT2D eigenvalue weighted by Gasteiger charge is 2.97. The molecule has 0 atom stereocenters. The predicted molar refractivity (Wildman–Crippen MR) is 96.3 cm³/mol. The summed E-state index contributed by atoms with van der Waals surface area (Å²) in [7, 11) is 0. The van der Waals surface area contributed by atoms with Gasteiger partial charge in [0, 0.05) is 16.7 Å². The predicted octanol–water partition coefficient (Wildman–Crippen LogP) is 9.18. The van der Waals surface area contributed by atoms with Crippen molar-refractivity contribution in [3.05, 3.63) is 34.9 Å². The van der Waals surface area contributed by atoms with E-state index in [1.54, 1.807) is 0 Å². The number of alkyl halides is 21. The SMILES string of the molecule is O=C(Cl)c1cc(C(=O)Cl)cc(C(F)(F)C(F)(F)C(F)(F)C(F)(F)C(F)(F)C(F)(F)C(F)(F)C(F)(F)C(F)(F)C(F)(F)F)c1. The van der Waals surface area contributed by atoms with E-state index in [9.17, 15) is 102 Å². The van der Waals surface area contributed by atoms with Gasteiger partial charge in [0.15, 0.2) is 0 Å². The first kappa shape index (κ1) is 38.7. The van der Waals surface area contributed by atoms with Crippen LogP contribution in [0.2, 0.25) is 0 Å². The Morgan fingerprint density at radius 3 is 0.860 bits per heavy atom. The monoisotopic (exact) mass is 720 g/mol. The van der Waals surface area contributed by atoms with Crippen molar-refractivity contribution >= 4 is 33.7 Å². The van der Waals surface area contributed by atoms with Gasteiger partial charge in [-0.3, -0.25) is 9.59 Å². The average Bonchev–Trinajstić information content (AvgIpc) is 2.81. The summed E-state index contributed by atoms with van der Waals surface area (Å²) in [5, 5.41) is -4.05. The van der Waals surface area contributed by atoms with Crippen LogP contribution in [0.5, 0.6) is 0 Å². The smallest absolute Gasteiger partial charge is 0.276 e. The van der Waals surface area contributed by atoms with Crippen LogP contribution in [0, 0.1) is 0 Å². The second kappa shape index (κ2) is 10.4. The Morgan fingerprint density at radius 1 is 0.395 bits per heavy atom. The van der Waals surface area contributed by atoms with E-state index in [4.69, 9.17) is 23.2 Å². The highest BCUT2D eigenvalue weighted by molar-refractivity contribution is 6.69. The molecule has 248 valence electrons. The number of hydrogen-bond donors (Lipinski definition) is 0. The Hall–Kier alpha value is -2.33. The van der Waals surface area contributed by atoms with Gasteiger partial charge in [0.2, 0.25) is 0 Å². The minimum Gasteiger partial charge on any atom is -0.276 e. The number of rotatable bonds is 11. The van der Waals surface area contributed by atoms with Gasteiger partial charge in [0.1, 0.15) is 0 Å². The fraction of sp³-hybridized carbons (Fsp3) is 0.556. The van der Waals surface area contributed by atoms with Crippen molar-refractivity contribution in [1.29, 1.82) is 0 Å². The summed E-state index contributed by atoms with van der Waals surface area (Å²) in [4.78, 5) is 22.3. The molecule has 0 unspecified atom stereocenters. The van der Waals surface area contributed by atoms with Crippen molar-refractivity contribution in [3.63, 3.8) is 0 Å². The normalized spacial score (nSPS) is 15.5. The van der Waals surface area contributed by atoms with Gasteiger partial charge in [-0.25, -0.2) is 0 Å². The molecule has 0 heterocycles. The van der Waals surface area contributed by atoms with Crippen molar-refractivity contribution in [2.45, 2.75) is 59.5 Å². The van der Waals surface area contributed by atoms with Gasteiger partial charge < -0.3 is 0 Å². The maximum atomic E-state index is 14.4. The van der Waals surface area contributed by atoms with Crippen molar-refractivity contribution in [1.82, 2.24) is 0 Å². The summed E-state index contributed by atoms with van der Waals surface area (Å²) in [6.07, 6.45) is -8.07. The summed E-state index contributed by atoms with van der Waals surface area (Å²) < 4.78 is 284.